The van der Waals surface area contributed by atoms with Crippen LogP contribution in [0.25, 0.3) is 0 Å². The lowest BCUT2D eigenvalue weighted by Crippen LogP contribution is -2.19. The molecule has 2 rings (SSSR count). The highest BCUT2D eigenvalue weighted by Gasteiger charge is 2.14. The summed E-state index contributed by atoms with van der Waals surface area (Å²) >= 11 is 1.37. The maximum atomic E-state index is 11.9. The first-order chi connectivity index (χ1) is 9.52. The molecule has 2 heterocycles. The van der Waals surface area contributed by atoms with Crippen LogP contribution in [0.2, 0.25) is 0 Å². The highest BCUT2D eigenvalue weighted by atomic mass is 32.1. The number of imidazole rings is 1. The molecule has 2 aromatic rings. The first-order valence-electron chi connectivity index (χ1n) is 5.81. The maximum absolute atomic E-state index is 11.9. The minimum atomic E-state index is -0.137. The molecule has 0 aliphatic heterocycles. The molecular formula is C12H14N4O3S. The molecule has 7 nitrogen and oxygen atoms in total. The van der Waals surface area contributed by atoms with Crippen LogP contribution in [-0.2, 0) is 0 Å². The molecule has 0 saturated heterocycles. The first-order valence-corrected chi connectivity index (χ1v) is 6.69. The molecule has 0 radical (unpaired) electrons. The van der Waals surface area contributed by atoms with Gasteiger partial charge in [0, 0.05) is 0 Å². The van der Waals surface area contributed by atoms with Gasteiger partial charge in [0.25, 0.3) is 0 Å². The van der Waals surface area contributed by atoms with Crippen molar-refractivity contribution in [3.8, 4) is 0 Å². The molecule has 0 aromatic carbocycles. The summed E-state index contributed by atoms with van der Waals surface area (Å²) < 4.78 is 1.41. The number of thiophene rings is 1. The van der Waals surface area contributed by atoms with Crippen LogP contribution in [0.3, 0.4) is 0 Å². The summed E-state index contributed by atoms with van der Waals surface area (Å²) in [7, 11) is 0. The van der Waals surface area contributed by atoms with Gasteiger partial charge in [-0.15, -0.1) is 11.3 Å². The van der Waals surface area contributed by atoms with Crippen molar-refractivity contribution in [3.05, 3.63) is 44.8 Å². The van der Waals surface area contributed by atoms with E-state index in [2.05, 4.69) is 10.1 Å². The van der Waals surface area contributed by atoms with Crippen LogP contribution in [-0.4, -0.2) is 43.3 Å². The Morgan fingerprint density at radius 1 is 1.60 bits per heavy atom. The SMILES string of the molecule is Cc1nc(/C=[N+](\[O-])C/C(=N/O)c2cccs2)n(O)c1C. The fourth-order valence-electron chi connectivity index (χ4n) is 1.63. The Balaban J connectivity index is 2.21. The minimum Gasteiger partial charge on any atom is -0.623 e. The number of aromatic nitrogens is 2. The number of rotatable bonds is 4. The zero-order valence-corrected chi connectivity index (χ0v) is 11.8. The van der Waals surface area contributed by atoms with Gasteiger partial charge in [-0.05, 0) is 25.3 Å². The molecule has 2 N–H and O–H groups in total. The fourth-order valence-corrected chi connectivity index (χ4v) is 2.33. The minimum absolute atomic E-state index is 0.137. The second-order valence-electron chi connectivity index (χ2n) is 4.18. The summed E-state index contributed by atoms with van der Waals surface area (Å²) in [5.41, 5.74) is 1.47. The summed E-state index contributed by atoms with van der Waals surface area (Å²) in [4.78, 5) is 4.77. The van der Waals surface area contributed by atoms with Crippen LogP contribution in [0.5, 0.6) is 0 Å². The lowest BCUT2D eigenvalue weighted by Gasteiger charge is -2.04. The van der Waals surface area contributed by atoms with Crippen LogP contribution in [0.4, 0.5) is 0 Å². The average Bonchev–Trinajstić information content (AvgIpc) is 3.02. The maximum Gasteiger partial charge on any atom is 0.233 e. The Hall–Kier alpha value is -2.35. The molecule has 106 valence electrons. The number of hydrogen-bond acceptors (Lipinski definition) is 6. The Kier molecular flexibility index (Phi) is 4.04. The van der Waals surface area contributed by atoms with E-state index in [1.54, 1.807) is 26.0 Å². The van der Waals surface area contributed by atoms with Gasteiger partial charge in [0.2, 0.25) is 12.0 Å². The van der Waals surface area contributed by atoms with Gasteiger partial charge in [-0.25, -0.2) is 9.72 Å². The Morgan fingerprint density at radius 2 is 2.35 bits per heavy atom. The second kappa shape index (κ2) is 5.74. The highest BCUT2D eigenvalue weighted by Crippen LogP contribution is 2.10. The fraction of sp³-hybridized carbons (Fsp3) is 0.250. The van der Waals surface area contributed by atoms with E-state index < -0.39 is 0 Å². The van der Waals surface area contributed by atoms with E-state index in [0.717, 1.165) is 10.9 Å². The first kappa shape index (κ1) is 14.1. The summed E-state index contributed by atoms with van der Waals surface area (Å²) in [5.74, 6) is 0.137. The van der Waals surface area contributed by atoms with Gasteiger partial charge in [-0.3, -0.25) is 0 Å². The summed E-state index contributed by atoms with van der Waals surface area (Å²) in [6.07, 6.45) is 1.15. The summed E-state index contributed by atoms with van der Waals surface area (Å²) in [5, 5.41) is 35.5. The molecule has 0 aliphatic rings. The van der Waals surface area contributed by atoms with Gasteiger partial charge in [-0.1, -0.05) is 11.2 Å². The standard InChI is InChI=1S/C12H14N4O3S/c1-8-9(2)16(19)12(13-8)7-15(18)6-10(14-17)11-4-3-5-20-11/h3-5,7,17,19H,6H2,1-2H3/b14-10-,15-7-. The monoisotopic (exact) mass is 294 g/mol. The zero-order chi connectivity index (χ0) is 14.7. The zero-order valence-electron chi connectivity index (χ0n) is 11.0. The quantitative estimate of drug-likeness (QED) is 0.223. The van der Waals surface area contributed by atoms with Crippen molar-refractivity contribution in [2.45, 2.75) is 13.8 Å². The van der Waals surface area contributed by atoms with Gasteiger partial charge in [0.1, 0.15) is 0 Å². The number of aryl methyl sites for hydroxylation is 1. The second-order valence-corrected chi connectivity index (χ2v) is 5.13. The van der Waals surface area contributed by atoms with Crippen LogP contribution in [0, 0.1) is 19.1 Å². The van der Waals surface area contributed by atoms with Crippen LogP contribution in [0.1, 0.15) is 22.1 Å². The molecule has 20 heavy (non-hydrogen) atoms. The van der Waals surface area contributed by atoms with E-state index in [9.17, 15) is 10.4 Å². The third kappa shape index (κ3) is 2.80. The molecule has 0 aliphatic carbocycles. The van der Waals surface area contributed by atoms with Crippen molar-refractivity contribution in [2.75, 3.05) is 6.54 Å². The number of oxime groups is 1. The molecule has 0 bridgehead atoms. The summed E-state index contributed by atoms with van der Waals surface area (Å²) in [6.45, 7) is 3.30. The smallest absolute Gasteiger partial charge is 0.233 e. The molecule has 0 fully saturated rings. The predicted octanol–water partition coefficient (Wildman–Crippen LogP) is 1.61. The van der Waals surface area contributed by atoms with Crippen molar-refractivity contribution in [3.63, 3.8) is 0 Å². The third-order valence-electron chi connectivity index (χ3n) is 2.83. The van der Waals surface area contributed by atoms with E-state index in [1.165, 1.54) is 11.3 Å². The largest absolute Gasteiger partial charge is 0.623 e. The van der Waals surface area contributed by atoms with E-state index in [-0.39, 0.29) is 18.1 Å². The van der Waals surface area contributed by atoms with Gasteiger partial charge in [0.15, 0.2) is 12.3 Å². The molecule has 0 amide bonds. The Labute approximate surface area is 119 Å². The van der Waals surface area contributed by atoms with Crippen LogP contribution >= 0.6 is 11.3 Å². The average molecular weight is 294 g/mol. The molecule has 2 aromatic heterocycles. The summed E-state index contributed by atoms with van der Waals surface area (Å²) in [6, 6.07) is 3.56. The third-order valence-corrected chi connectivity index (χ3v) is 3.75. The predicted molar refractivity (Wildman–Crippen MR) is 75.2 cm³/mol. The molecule has 0 spiro atoms. The van der Waals surface area contributed by atoms with Crippen LogP contribution in [0.15, 0.2) is 22.7 Å². The van der Waals surface area contributed by atoms with Crippen LogP contribution < -0.4 is 0 Å². The van der Waals surface area contributed by atoms with E-state index in [1.807, 2.05) is 5.38 Å². The molecule has 0 atom stereocenters. The van der Waals surface area contributed by atoms with Gasteiger partial charge < -0.3 is 15.6 Å². The van der Waals surface area contributed by atoms with Gasteiger partial charge >= 0.3 is 0 Å². The molecular weight excluding hydrogens is 280 g/mol. The van der Waals surface area contributed by atoms with Crippen molar-refractivity contribution < 1.29 is 15.2 Å². The van der Waals surface area contributed by atoms with Crippen molar-refractivity contribution in [1.29, 1.82) is 0 Å². The van der Waals surface area contributed by atoms with E-state index >= 15 is 0 Å². The van der Waals surface area contributed by atoms with Gasteiger partial charge in [-0.2, -0.15) is 4.73 Å². The number of nitrogens with zero attached hydrogens (tertiary/aromatic N) is 4. The van der Waals surface area contributed by atoms with Crippen molar-refractivity contribution >= 4 is 23.3 Å². The number of hydrogen-bond donors (Lipinski definition) is 2. The topological polar surface area (TPSA) is 96.7 Å². The normalized spacial score (nSPS) is 12.9. The van der Waals surface area contributed by atoms with Gasteiger partial charge in [0.05, 0.1) is 16.3 Å². The lowest BCUT2D eigenvalue weighted by molar-refractivity contribution is -0.435. The van der Waals surface area contributed by atoms with E-state index in [0.29, 0.717) is 21.0 Å². The Bertz CT molecular complexity index is 659. The highest BCUT2D eigenvalue weighted by molar-refractivity contribution is 7.12. The van der Waals surface area contributed by atoms with E-state index in [4.69, 9.17) is 5.21 Å². The molecule has 8 heteroatoms. The lowest BCUT2D eigenvalue weighted by atomic mass is 10.3. The van der Waals surface area contributed by atoms with Crippen molar-refractivity contribution in [1.82, 2.24) is 9.71 Å². The molecule has 0 saturated carbocycles. The number of hydroxylamine groups is 1. The molecule has 0 unspecified atom stereocenters. The Morgan fingerprint density at radius 3 is 2.85 bits per heavy atom. The van der Waals surface area contributed by atoms with Crippen molar-refractivity contribution in [2.24, 2.45) is 5.16 Å².